The lowest BCUT2D eigenvalue weighted by Crippen LogP contribution is -2.10. The number of aliphatic carboxylic acids is 1. The topological polar surface area (TPSA) is 102 Å². The van der Waals surface area contributed by atoms with Gasteiger partial charge in [-0.05, 0) is 98.0 Å². The SMILES string of the molecule is CC.CC(C)(C)O.Cc1cc2nc(OCc3cccc(C(F)(F)F)c3)ccc2c(-c2ccc3c4c(ccnc24)CCO3)c1CC(=O)O. The molecular weight excluding hydrogens is 609 g/mol. The van der Waals surface area contributed by atoms with Gasteiger partial charge in [0, 0.05) is 35.0 Å². The van der Waals surface area contributed by atoms with E-state index in [1.165, 1.54) is 6.07 Å². The number of fused-ring (bicyclic) bond motifs is 1. The van der Waals surface area contributed by atoms with Crippen LogP contribution in [0.2, 0.25) is 0 Å². The zero-order valence-corrected chi connectivity index (χ0v) is 27.3. The van der Waals surface area contributed by atoms with Crippen molar-refractivity contribution in [2.45, 2.75) is 72.8 Å². The van der Waals surface area contributed by atoms with E-state index in [9.17, 15) is 23.1 Å². The highest BCUT2D eigenvalue weighted by Crippen LogP contribution is 2.42. The van der Waals surface area contributed by atoms with Gasteiger partial charge in [0.05, 0.1) is 35.2 Å². The van der Waals surface area contributed by atoms with Crippen LogP contribution in [0.25, 0.3) is 32.9 Å². The van der Waals surface area contributed by atoms with Crippen molar-refractivity contribution < 1.29 is 37.7 Å². The molecule has 0 amide bonds. The number of aliphatic hydroxyl groups is 1. The molecule has 10 heteroatoms. The Morgan fingerprint density at radius 2 is 1.74 bits per heavy atom. The molecule has 0 unspecified atom stereocenters. The van der Waals surface area contributed by atoms with Crippen molar-refractivity contribution in [2.24, 2.45) is 0 Å². The maximum atomic E-state index is 13.1. The van der Waals surface area contributed by atoms with E-state index in [1.807, 2.05) is 39.0 Å². The van der Waals surface area contributed by atoms with Crippen molar-refractivity contribution in [1.29, 1.82) is 0 Å². The molecule has 0 atom stereocenters. The van der Waals surface area contributed by atoms with Crippen molar-refractivity contribution in [3.63, 3.8) is 0 Å². The van der Waals surface area contributed by atoms with E-state index in [2.05, 4.69) is 9.97 Å². The van der Waals surface area contributed by atoms with Crippen LogP contribution in [0.3, 0.4) is 0 Å². The Morgan fingerprint density at radius 1 is 1.02 bits per heavy atom. The second-order valence-corrected chi connectivity index (χ2v) is 11.9. The first-order valence-corrected chi connectivity index (χ1v) is 15.4. The fourth-order valence-corrected chi connectivity index (χ4v) is 5.29. The van der Waals surface area contributed by atoms with Gasteiger partial charge in [0.15, 0.2) is 0 Å². The summed E-state index contributed by atoms with van der Waals surface area (Å²) in [5.41, 5.74) is 4.41. The Kier molecular flexibility index (Phi) is 10.8. The molecule has 0 bridgehead atoms. The molecule has 0 saturated heterocycles. The molecule has 0 aliphatic carbocycles. The number of carboxylic acids is 1. The van der Waals surface area contributed by atoms with Crippen molar-refractivity contribution in [2.75, 3.05) is 6.61 Å². The van der Waals surface area contributed by atoms with Crippen LogP contribution in [0, 0.1) is 6.92 Å². The fourth-order valence-electron chi connectivity index (χ4n) is 5.29. The number of carbonyl (C=O) groups is 1. The average Bonchev–Trinajstić information content (AvgIpc) is 3.01. The molecule has 3 heterocycles. The average molecular weight is 649 g/mol. The number of halogens is 3. The van der Waals surface area contributed by atoms with E-state index in [1.54, 1.807) is 51.2 Å². The highest BCUT2D eigenvalue weighted by molar-refractivity contribution is 6.07. The van der Waals surface area contributed by atoms with E-state index in [4.69, 9.17) is 14.6 Å². The molecule has 0 spiro atoms. The van der Waals surface area contributed by atoms with Crippen LogP contribution in [0.4, 0.5) is 13.2 Å². The maximum absolute atomic E-state index is 13.1. The molecule has 0 fully saturated rings. The molecule has 7 nitrogen and oxygen atoms in total. The summed E-state index contributed by atoms with van der Waals surface area (Å²) < 4.78 is 50.9. The van der Waals surface area contributed by atoms with Gasteiger partial charge < -0.3 is 19.7 Å². The number of benzene rings is 3. The number of alkyl halides is 3. The van der Waals surface area contributed by atoms with Crippen LogP contribution in [-0.4, -0.2) is 38.4 Å². The lowest BCUT2D eigenvalue weighted by molar-refractivity contribution is -0.138. The fraction of sp³-hybridized carbons (Fsp3) is 0.324. The molecule has 0 radical (unpaired) electrons. The van der Waals surface area contributed by atoms with Gasteiger partial charge in [0.25, 0.3) is 0 Å². The molecule has 2 N–H and O–H groups in total. The standard InChI is InChI=1S/C31H23F3N2O4.C4H10O.C2H6/c1-17-13-24-21(6-8-26(36-24)40-16-18-3-2-4-20(14-18)31(32,33)34)29(23(17)15-27(37)38)22-5-7-25-28-19(10-12-39-25)9-11-35-30(22)28;1-4(2,3)5;1-2/h2-9,11,13-14H,10,12,15-16H2,1H3,(H,37,38);5H,1-3H3;1-2H3. The summed E-state index contributed by atoms with van der Waals surface area (Å²) in [6.07, 6.45) is -2.13. The molecule has 1 aliphatic heterocycles. The molecule has 3 aromatic carbocycles. The van der Waals surface area contributed by atoms with E-state index in [-0.39, 0.29) is 18.9 Å². The van der Waals surface area contributed by atoms with Crippen molar-refractivity contribution in [3.8, 4) is 22.8 Å². The lowest BCUT2D eigenvalue weighted by Gasteiger charge is -2.21. The van der Waals surface area contributed by atoms with Crippen LogP contribution in [0.1, 0.15) is 62.4 Å². The predicted molar refractivity (Wildman–Crippen MR) is 177 cm³/mol. The molecule has 1 aliphatic rings. The highest BCUT2D eigenvalue weighted by atomic mass is 19.4. The van der Waals surface area contributed by atoms with Crippen LogP contribution in [0.5, 0.6) is 11.6 Å². The molecule has 248 valence electrons. The summed E-state index contributed by atoms with van der Waals surface area (Å²) in [6.45, 7) is 11.5. The van der Waals surface area contributed by atoms with E-state index in [0.717, 1.165) is 57.5 Å². The number of hydrogen-bond acceptors (Lipinski definition) is 6. The zero-order chi connectivity index (χ0) is 34.5. The van der Waals surface area contributed by atoms with Gasteiger partial charge >= 0.3 is 12.1 Å². The Bertz CT molecular complexity index is 1880. The quantitative estimate of drug-likeness (QED) is 0.190. The molecule has 2 aromatic heterocycles. The monoisotopic (exact) mass is 648 g/mol. The number of hydrogen-bond donors (Lipinski definition) is 2. The zero-order valence-electron chi connectivity index (χ0n) is 27.3. The van der Waals surface area contributed by atoms with Gasteiger partial charge in [0.2, 0.25) is 5.88 Å². The molecular formula is C37H39F3N2O5. The number of nitrogens with zero attached hydrogens (tertiary/aromatic N) is 2. The van der Waals surface area contributed by atoms with Gasteiger partial charge in [-0.15, -0.1) is 0 Å². The molecule has 5 aromatic rings. The van der Waals surface area contributed by atoms with Crippen molar-refractivity contribution in [3.05, 3.63) is 94.7 Å². The Labute approximate surface area is 272 Å². The molecule has 6 rings (SSSR count). The van der Waals surface area contributed by atoms with E-state index < -0.39 is 23.3 Å². The third-order valence-electron chi connectivity index (χ3n) is 7.11. The smallest absolute Gasteiger partial charge is 0.416 e. The van der Waals surface area contributed by atoms with Crippen LogP contribution < -0.4 is 9.47 Å². The first kappa shape index (κ1) is 35.2. The van der Waals surface area contributed by atoms with Crippen LogP contribution in [-0.2, 0) is 30.4 Å². The number of aromatic nitrogens is 2. The second-order valence-electron chi connectivity index (χ2n) is 11.9. The van der Waals surface area contributed by atoms with Crippen molar-refractivity contribution >= 4 is 27.8 Å². The third kappa shape index (κ3) is 8.56. The minimum Gasteiger partial charge on any atom is -0.493 e. The summed E-state index contributed by atoms with van der Waals surface area (Å²) in [6, 6.07) is 16.0. The Balaban J connectivity index is 0.000000655. The summed E-state index contributed by atoms with van der Waals surface area (Å²) in [7, 11) is 0. The summed E-state index contributed by atoms with van der Waals surface area (Å²) in [5.74, 6) is 0.0228. The minimum absolute atomic E-state index is 0.0931. The largest absolute Gasteiger partial charge is 0.493 e. The number of pyridine rings is 2. The van der Waals surface area contributed by atoms with Crippen molar-refractivity contribution in [1.82, 2.24) is 9.97 Å². The maximum Gasteiger partial charge on any atom is 0.416 e. The first-order chi connectivity index (χ1) is 22.2. The van der Waals surface area contributed by atoms with E-state index in [0.29, 0.717) is 28.6 Å². The van der Waals surface area contributed by atoms with Gasteiger partial charge in [-0.25, -0.2) is 4.98 Å². The number of ether oxygens (including phenoxy) is 2. The minimum atomic E-state index is -4.44. The van der Waals surface area contributed by atoms with E-state index >= 15 is 0 Å². The normalized spacial score (nSPS) is 12.4. The van der Waals surface area contributed by atoms with Crippen LogP contribution in [0.15, 0.2) is 66.9 Å². The summed E-state index contributed by atoms with van der Waals surface area (Å²) in [5, 5.41) is 19.9. The van der Waals surface area contributed by atoms with Gasteiger partial charge in [-0.1, -0.05) is 26.0 Å². The first-order valence-electron chi connectivity index (χ1n) is 15.4. The lowest BCUT2D eigenvalue weighted by atomic mass is 9.88. The molecule has 0 saturated carbocycles. The molecule has 47 heavy (non-hydrogen) atoms. The Hall–Kier alpha value is -4.70. The Morgan fingerprint density at radius 3 is 2.43 bits per heavy atom. The third-order valence-corrected chi connectivity index (χ3v) is 7.11. The number of aryl methyl sites for hydroxylation is 1. The van der Waals surface area contributed by atoms with Gasteiger partial charge in [-0.3, -0.25) is 9.78 Å². The van der Waals surface area contributed by atoms with Gasteiger partial charge in [0.1, 0.15) is 12.4 Å². The number of carboxylic acid groups (broad SMARTS) is 1. The second kappa shape index (κ2) is 14.4. The highest BCUT2D eigenvalue weighted by Gasteiger charge is 2.30. The summed E-state index contributed by atoms with van der Waals surface area (Å²) in [4.78, 5) is 21.2. The predicted octanol–water partition coefficient (Wildman–Crippen LogP) is 8.72. The van der Waals surface area contributed by atoms with Crippen LogP contribution >= 0.6 is 0 Å². The summed E-state index contributed by atoms with van der Waals surface area (Å²) >= 11 is 0. The van der Waals surface area contributed by atoms with Gasteiger partial charge in [-0.2, -0.15) is 13.2 Å². The number of rotatable bonds is 6.